The summed E-state index contributed by atoms with van der Waals surface area (Å²) in [5.41, 5.74) is 4.28. The number of aryl methyl sites for hydroxylation is 1. The van der Waals surface area contributed by atoms with Crippen molar-refractivity contribution in [2.24, 2.45) is 0 Å². The number of fused-ring (bicyclic) bond motifs is 1. The van der Waals surface area contributed by atoms with Crippen molar-refractivity contribution in [2.45, 2.75) is 71.2 Å². The van der Waals surface area contributed by atoms with E-state index in [2.05, 4.69) is 66.3 Å². The Morgan fingerprint density at radius 3 is 2.61 bits per heavy atom. The summed E-state index contributed by atoms with van der Waals surface area (Å²) in [6.45, 7) is 8.96. The number of allylic oxidation sites excluding steroid dienone is 1. The molecule has 0 spiro atoms. The smallest absolute Gasteiger partial charge is 0.338 e. The van der Waals surface area contributed by atoms with E-state index in [1.807, 2.05) is 25.1 Å². The molecule has 1 atom stereocenters. The predicted molar refractivity (Wildman–Crippen MR) is 156 cm³/mol. The molecule has 0 amide bonds. The molecule has 3 aromatic rings. The Labute approximate surface area is 237 Å². The highest BCUT2D eigenvalue weighted by atomic mass is 79.9. The molecule has 1 aliphatic rings. The van der Waals surface area contributed by atoms with Crippen LogP contribution in [0.25, 0.3) is 0 Å². The first-order valence-corrected chi connectivity index (χ1v) is 14.9. The fraction of sp³-hybridized carbons (Fsp3) is 0.414. The number of hydrogen-bond acceptors (Lipinski definition) is 7. The van der Waals surface area contributed by atoms with Crippen LogP contribution >= 0.6 is 27.7 Å². The van der Waals surface area contributed by atoms with Crippen LogP contribution in [0.4, 0.5) is 5.95 Å². The van der Waals surface area contributed by atoms with Gasteiger partial charge in [0.25, 0.3) is 0 Å². The molecular weight excluding hydrogens is 564 g/mol. The lowest BCUT2D eigenvalue weighted by atomic mass is 9.95. The SMILES string of the molecule is CCCCOC(=O)C1=C(C)Nc2nc(SCCCC)nn2C1c1cc(Br)ccc1OCc1ccc(C)cc1. The lowest BCUT2D eigenvalue weighted by molar-refractivity contribution is -0.139. The maximum absolute atomic E-state index is 13.5. The van der Waals surface area contributed by atoms with Gasteiger partial charge < -0.3 is 14.8 Å². The Morgan fingerprint density at radius 2 is 1.87 bits per heavy atom. The summed E-state index contributed by atoms with van der Waals surface area (Å²) in [4.78, 5) is 18.2. The van der Waals surface area contributed by atoms with Crippen LogP contribution in [0.15, 0.2) is 63.4 Å². The first-order chi connectivity index (χ1) is 18.4. The van der Waals surface area contributed by atoms with Crippen LogP contribution < -0.4 is 10.1 Å². The molecule has 0 saturated carbocycles. The van der Waals surface area contributed by atoms with Crippen molar-refractivity contribution < 1.29 is 14.3 Å². The van der Waals surface area contributed by atoms with E-state index in [1.54, 1.807) is 16.4 Å². The Kier molecular flexibility index (Phi) is 9.91. The highest BCUT2D eigenvalue weighted by Crippen LogP contribution is 2.41. The third-order valence-electron chi connectivity index (χ3n) is 6.29. The number of unbranched alkanes of at least 4 members (excludes halogenated alkanes) is 2. The number of ether oxygens (including phenoxy) is 2. The summed E-state index contributed by atoms with van der Waals surface area (Å²) >= 11 is 5.25. The van der Waals surface area contributed by atoms with Gasteiger partial charge in [0.05, 0.1) is 12.2 Å². The van der Waals surface area contributed by atoms with Gasteiger partial charge >= 0.3 is 5.97 Å². The number of carbonyl (C=O) groups excluding carboxylic acids is 1. The van der Waals surface area contributed by atoms with E-state index >= 15 is 0 Å². The van der Waals surface area contributed by atoms with Crippen LogP contribution in [-0.2, 0) is 16.1 Å². The van der Waals surface area contributed by atoms with Crippen molar-refractivity contribution in [3.05, 3.63) is 74.9 Å². The molecule has 38 heavy (non-hydrogen) atoms. The molecule has 4 rings (SSSR count). The van der Waals surface area contributed by atoms with Crippen LogP contribution in [-0.4, -0.2) is 33.1 Å². The first-order valence-electron chi connectivity index (χ1n) is 13.1. The molecule has 1 unspecified atom stereocenters. The molecule has 7 nitrogen and oxygen atoms in total. The number of thioether (sulfide) groups is 1. The molecule has 0 bridgehead atoms. The van der Waals surface area contributed by atoms with Crippen molar-refractivity contribution in [1.82, 2.24) is 14.8 Å². The van der Waals surface area contributed by atoms with E-state index in [9.17, 15) is 4.79 Å². The van der Waals surface area contributed by atoms with Crippen molar-refractivity contribution in [3.8, 4) is 5.75 Å². The molecule has 0 saturated heterocycles. The van der Waals surface area contributed by atoms with Crippen molar-refractivity contribution in [3.63, 3.8) is 0 Å². The van der Waals surface area contributed by atoms with Gasteiger partial charge in [-0.05, 0) is 50.5 Å². The van der Waals surface area contributed by atoms with Gasteiger partial charge in [0.15, 0.2) is 0 Å². The van der Waals surface area contributed by atoms with E-state index in [0.29, 0.717) is 41.3 Å². The Bertz CT molecular complexity index is 1290. The van der Waals surface area contributed by atoms with Gasteiger partial charge in [0.2, 0.25) is 11.1 Å². The van der Waals surface area contributed by atoms with Gasteiger partial charge in [-0.3, -0.25) is 0 Å². The van der Waals surface area contributed by atoms with Crippen LogP contribution in [0.2, 0.25) is 0 Å². The average Bonchev–Trinajstić information content (AvgIpc) is 3.30. The number of carbonyl (C=O) groups is 1. The summed E-state index contributed by atoms with van der Waals surface area (Å²) in [7, 11) is 0. The number of aromatic nitrogens is 3. The summed E-state index contributed by atoms with van der Waals surface area (Å²) in [5, 5.41) is 8.80. The van der Waals surface area contributed by atoms with Gasteiger partial charge in [-0.2, -0.15) is 4.98 Å². The second kappa shape index (κ2) is 13.3. The second-order valence-corrected chi connectivity index (χ2v) is 11.4. The number of nitrogens with zero attached hydrogens (tertiary/aromatic N) is 3. The van der Waals surface area contributed by atoms with Crippen LogP contribution in [0.1, 0.15) is 69.2 Å². The maximum Gasteiger partial charge on any atom is 0.338 e. The van der Waals surface area contributed by atoms with Crippen LogP contribution in [0.3, 0.4) is 0 Å². The van der Waals surface area contributed by atoms with Gasteiger partial charge in [-0.15, -0.1) is 5.10 Å². The quantitative estimate of drug-likeness (QED) is 0.132. The number of esters is 1. The lowest BCUT2D eigenvalue weighted by Crippen LogP contribution is -2.30. The van der Waals surface area contributed by atoms with E-state index in [-0.39, 0.29) is 5.97 Å². The molecule has 9 heteroatoms. The van der Waals surface area contributed by atoms with Crippen molar-refractivity contribution >= 4 is 39.6 Å². The lowest BCUT2D eigenvalue weighted by Gasteiger charge is -2.29. The highest BCUT2D eigenvalue weighted by molar-refractivity contribution is 9.10. The number of halogens is 1. The Hall–Kier alpha value is -2.78. The van der Waals surface area contributed by atoms with Gasteiger partial charge in [-0.25, -0.2) is 9.48 Å². The highest BCUT2D eigenvalue weighted by Gasteiger charge is 2.37. The Balaban J connectivity index is 1.74. The van der Waals surface area contributed by atoms with Crippen LogP contribution in [0.5, 0.6) is 5.75 Å². The minimum Gasteiger partial charge on any atom is -0.489 e. The number of nitrogens with one attached hydrogen (secondary N) is 1. The molecule has 2 heterocycles. The van der Waals surface area contributed by atoms with E-state index in [4.69, 9.17) is 19.6 Å². The second-order valence-electron chi connectivity index (χ2n) is 9.38. The Morgan fingerprint density at radius 1 is 1.11 bits per heavy atom. The van der Waals surface area contributed by atoms with Crippen molar-refractivity contribution in [1.29, 1.82) is 0 Å². The summed E-state index contributed by atoms with van der Waals surface area (Å²) in [6.07, 6.45) is 3.95. The standard InChI is InChI=1S/C29H35BrN4O3S/c1-5-7-15-36-27(35)25-20(4)31-28-32-29(38-16-8-6-2)33-34(28)26(25)23-17-22(30)13-14-24(23)37-18-21-11-9-19(3)10-12-21/h9-14,17,26H,5-8,15-16,18H2,1-4H3,(H,31,32,33). The summed E-state index contributed by atoms with van der Waals surface area (Å²) < 4.78 is 14.7. The van der Waals surface area contributed by atoms with Gasteiger partial charge in [0, 0.05) is 21.5 Å². The normalized spacial score (nSPS) is 14.7. The predicted octanol–water partition coefficient (Wildman–Crippen LogP) is 7.45. The third kappa shape index (κ3) is 6.80. The van der Waals surface area contributed by atoms with E-state index in [0.717, 1.165) is 47.0 Å². The number of anilines is 1. The van der Waals surface area contributed by atoms with Gasteiger partial charge in [0.1, 0.15) is 18.4 Å². The number of rotatable bonds is 12. The molecular formula is C29H35BrN4O3S. The number of hydrogen-bond donors (Lipinski definition) is 1. The summed E-state index contributed by atoms with van der Waals surface area (Å²) in [5.74, 6) is 1.85. The molecule has 202 valence electrons. The van der Waals surface area contributed by atoms with Crippen molar-refractivity contribution in [2.75, 3.05) is 17.7 Å². The topological polar surface area (TPSA) is 78.3 Å². The largest absolute Gasteiger partial charge is 0.489 e. The molecule has 1 aliphatic heterocycles. The molecule has 0 fully saturated rings. The molecule has 2 aromatic carbocycles. The average molecular weight is 600 g/mol. The van der Waals surface area contributed by atoms with E-state index in [1.165, 1.54) is 5.56 Å². The maximum atomic E-state index is 13.5. The zero-order valence-electron chi connectivity index (χ0n) is 22.4. The monoisotopic (exact) mass is 598 g/mol. The van der Waals surface area contributed by atoms with E-state index < -0.39 is 6.04 Å². The summed E-state index contributed by atoms with van der Waals surface area (Å²) in [6, 6.07) is 13.6. The zero-order valence-corrected chi connectivity index (χ0v) is 24.8. The molecule has 0 aliphatic carbocycles. The third-order valence-corrected chi connectivity index (χ3v) is 7.71. The number of benzene rings is 2. The fourth-order valence-corrected chi connectivity index (χ4v) is 5.44. The van der Waals surface area contributed by atoms with Gasteiger partial charge in [-0.1, -0.05) is 84.2 Å². The molecule has 0 radical (unpaired) electrons. The first kappa shape index (κ1) is 28.2. The molecule has 1 N–H and O–H groups in total. The minimum atomic E-state index is -0.557. The molecule has 1 aromatic heterocycles. The van der Waals surface area contributed by atoms with Crippen LogP contribution in [0, 0.1) is 6.92 Å². The fourth-order valence-electron chi connectivity index (χ4n) is 4.15. The zero-order chi connectivity index (χ0) is 27.1. The minimum absolute atomic E-state index is 0.362.